The van der Waals surface area contributed by atoms with Crippen molar-refractivity contribution in [1.29, 1.82) is 0 Å². The van der Waals surface area contributed by atoms with Gasteiger partial charge in [-0.25, -0.2) is 4.79 Å². The number of nitrogens with one attached hydrogen (secondary N) is 1. The van der Waals surface area contributed by atoms with Crippen molar-refractivity contribution < 1.29 is 24.2 Å². The van der Waals surface area contributed by atoms with Gasteiger partial charge in [-0.15, -0.1) is 0 Å². The van der Waals surface area contributed by atoms with E-state index in [0.717, 1.165) is 11.1 Å². The van der Waals surface area contributed by atoms with E-state index in [2.05, 4.69) is 5.32 Å². The number of carbonyl (C=O) groups is 3. The Morgan fingerprint density at radius 3 is 2.48 bits per heavy atom. The second-order valence-electron chi connectivity index (χ2n) is 6.28. The number of cyclic esters (lactones) is 1. The number of esters is 1. The number of carbonyl (C=O) groups excluding carboxylic acids is 3. The minimum atomic E-state index is -1.34. The number of ether oxygens (including phenoxy) is 1. The summed E-state index contributed by atoms with van der Waals surface area (Å²) >= 11 is 0. The maximum Gasteiger partial charge on any atom is 0.339 e. The number of hydrogen-bond donors (Lipinski definition) is 1. The van der Waals surface area contributed by atoms with Gasteiger partial charge >= 0.3 is 5.97 Å². The van der Waals surface area contributed by atoms with E-state index in [1.54, 1.807) is 13.0 Å². The molecule has 1 N–H and O–H groups in total. The molecule has 0 aromatic heterocycles. The maximum absolute atomic E-state index is 12.6. The second-order valence-corrected chi connectivity index (χ2v) is 6.28. The van der Waals surface area contributed by atoms with Crippen molar-refractivity contribution in [3.05, 3.63) is 64.7 Å². The molecule has 0 spiro atoms. The lowest BCUT2D eigenvalue weighted by atomic mass is 9.88. The van der Waals surface area contributed by atoms with Crippen LogP contribution in [-0.2, 0) is 16.0 Å². The minimum Gasteiger partial charge on any atom is -0.545 e. The van der Waals surface area contributed by atoms with Gasteiger partial charge in [0.15, 0.2) is 5.60 Å². The molecular weight excluding hydrogens is 322 g/mol. The lowest BCUT2D eigenvalue weighted by Gasteiger charge is -2.33. The molecule has 2 aromatic carbocycles. The number of amides is 1. The first-order valence-corrected chi connectivity index (χ1v) is 7.74. The van der Waals surface area contributed by atoms with Crippen molar-refractivity contribution >= 4 is 23.5 Å². The summed E-state index contributed by atoms with van der Waals surface area (Å²) in [5.41, 5.74) is 1.30. The molecule has 1 heterocycles. The average Bonchev–Trinajstić information content (AvgIpc) is 2.54. The predicted molar refractivity (Wildman–Crippen MR) is 88.1 cm³/mol. The average molecular weight is 338 g/mol. The molecule has 0 unspecified atom stereocenters. The Balaban J connectivity index is 1.82. The summed E-state index contributed by atoms with van der Waals surface area (Å²) in [6.07, 6.45) is 0.263. The van der Waals surface area contributed by atoms with Gasteiger partial charge in [-0.1, -0.05) is 29.8 Å². The Hall–Kier alpha value is -3.15. The Kier molecular flexibility index (Phi) is 4.04. The largest absolute Gasteiger partial charge is 0.545 e. The van der Waals surface area contributed by atoms with Crippen LogP contribution in [0.3, 0.4) is 0 Å². The first kappa shape index (κ1) is 16.7. The first-order chi connectivity index (χ1) is 11.8. The highest BCUT2D eigenvalue weighted by Gasteiger charge is 2.42. The predicted octanol–water partition coefficient (Wildman–Crippen LogP) is 1.47. The number of benzene rings is 2. The number of aryl methyl sites for hydroxylation is 1. The van der Waals surface area contributed by atoms with Crippen molar-refractivity contribution in [3.8, 4) is 0 Å². The number of hydrogen-bond acceptors (Lipinski definition) is 5. The van der Waals surface area contributed by atoms with Gasteiger partial charge in [-0.2, -0.15) is 0 Å². The van der Waals surface area contributed by atoms with E-state index in [4.69, 9.17) is 4.74 Å². The number of fused-ring (bicyclic) bond motifs is 1. The second kappa shape index (κ2) is 6.05. The molecule has 1 aliphatic rings. The van der Waals surface area contributed by atoms with Crippen molar-refractivity contribution in [2.45, 2.75) is 25.9 Å². The fourth-order valence-corrected chi connectivity index (χ4v) is 2.81. The van der Waals surface area contributed by atoms with Gasteiger partial charge in [0.1, 0.15) is 0 Å². The Morgan fingerprint density at radius 2 is 1.84 bits per heavy atom. The minimum absolute atomic E-state index is 0.0118. The fraction of sp³-hybridized carbons (Fsp3) is 0.211. The Bertz CT molecular complexity index is 872. The third-order valence-electron chi connectivity index (χ3n) is 4.19. The molecule has 3 rings (SSSR count). The van der Waals surface area contributed by atoms with E-state index in [1.807, 2.05) is 19.1 Å². The Labute approximate surface area is 144 Å². The standard InChI is InChI=1S/C19H17NO5/c1-11-3-8-15-13(9-11)10-19(2,25-17(15)23)18(24)20-14-6-4-12(5-7-14)16(21)22/h3-9H,10H2,1-2H3,(H,20,24)(H,21,22)/p-1/t19-/m1/s1. The van der Waals surface area contributed by atoms with Gasteiger partial charge < -0.3 is 20.0 Å². The molecule has 1 atom stereocenters. The van der Waals surface area contributed by atoms with Crippen LogP contribution in [0.5, 0.6) is 0 Å². The zero-order valence-electron chi connectivity index (χ0n) is 13.8. The molecule has 2 aromatic rings. The van der Waals surface area contributed by atoms with Crippen LogP contribution in [-0.4, -0.2) is 23.4 Å². The molecule has 128 valence electrons. The highest BCUT2D eigenvalue weighted by Crippen LogP contribution is 2.30. The topological polar surface area (TPSA) is 95.5 Å². The van der Waals surface area contributed by atoms with Crippen LogP contribution in [0.25, 0.3) is 0 Å². The highest BCUT2D eigenvalue weighted by atomic mass is 16.6. The van der Waals surface area contributed by atoms with Gasteiger partial charge in [0.05, 0.1) is 11.5 Å². The number of carboxylic acids is 1. The van der Waals surface area contributed by atoms with Crippen LogP contribution >= 0.6 is 0 Å². The molecule has 0 bridgehead atoms. The molecule has 0 radical (unpaired) electrons. The SMILES string of the molecule is Cc1ccc2c(c1)C[C@](C)(C(=O)Nc1ccc(C(=O)[O-])cc1)OC2=O. The normalized spacial score (nSPS) is 18.9. The molecular formula is C19H16NO5-. The van der Waals surface area contributed by atoms with Crippen molar-refractivity contribution in [2.24, 2.45) is 0 Å². The van der Waals surface area contributed by atoms with Gasteiger partial charge in [0.25, 0.3) is 5.91 Å². The van der Waals surface area contributed by atoms with Crippen LogP contribution < -0.4 is 10.4 Å². The van der Waals surface area contributed by atoms with Crippen LogP contribution in [0, 0.1) is 6.92 Å². The van der Waals surface area contributed by atoms with E-state index >= 15 is 0 Å². The van der Waals surface area contributed by atoms with Crippen molar-refractivity contribution in [2.75, 3.05) is 5.32 Å². The number of rotatable bonds is 3. The van der Waals surface area contributed by atoms with Gasteiger partial charge in [0, 0.05) is 12.1 Å². The molecule has 0 aliphatic carbocycles. The summed E-state index contributed by atoms with van der Waals surface area (Å²) in [7, 11) is 0. The van der Waals surface area contributed by atoms with Crippen LogP contribution in [0.2, 0.25) is 0 Å². The molecule has 6 heteroatoms. The number of anilines is 1. The van der Waals surface area contributed by atoms with Gasteiger partial charge in [-0.05, 0) is 43.2 Å². The first-order valence-electron chi connectivity index (χ1n) is 7.74. The summed E-state index contributed by atoms with van der Waals surface area (Å²) in [6.45, 7) is 3.47. The van der Waals surface area contributed by atoms with Gasteiger partial charge in [0.2, 0.25) is 0 Å². The summed E-state index contributed by atoms with van der Waals surface area (Å²) < 4.78 is 5.38. The van der Waals surface area contributed by atoms with Gasteiger partial charge in [-0.3, -0.25) is 4.79 Å². The summed E-state index contributed by atoms with van der Waals surface area (Å²) in [6, 6.07) is 11.0. The third kappa shape index (κ3) is 3.24. The highest BCUT2D eigenvalue weighted by molar-refractivity contribution is 6.02. The smallest absolute Gasteiger partial charge is 0.339 e. The van der Waals surface area contributed by atoms with E-state index in [0.29, 0.717) is 11.3 Å². The van der Waals surface area contributed by atoms with Crippen molar-refractivity contribution in [1.82, 2.24) is 0 Å². The molecule has 1 amide bonds. The molecule has 0 saturated heterocycles. The number of carboxylic acid groups (broad SMARTS) is 1. The van der Waals surface area contributed by atoms with Crippen molar-refractivity contribution in [3.63, 3.8) is 0 Å². The molecule has 1 aliphatic heterocycles. The fourth-order valence-electron chi connectivity index (χ4n) is 2.81. The lowest BCUT2D eigenvalue weighted by molar-refractivity contribution is -0.255. The van der Waals surface area contributed by atoms with E-state index in [1.165, 1.54) is 24.3 Å². The zero-order valence-corrected chi connectivity index (χ0v) is 13.8. The summed E-state index contributed by atoms with van der Waals surface area (Å²) in [4.78, 5) is 35.6. The van der Waals surface area contributed by atoms with Crippen LogP contribution in [0.4, 0.5) is 5.69 Å². The lowest BCUT2D eigenvalue weighted by Crippen LogP contribution is -2.48. The third-order valence-corrected chi connectivity index (χ3v) is 4.19. The van der Waals surface area contributed by atoms with Crippen LogP contribution in [0.1, 0.15) is 38.8 Å². The van der Waals surface area contributed by atoms with E-state index in [-0.39, 0.29) is 12.0 Å². The zero-order chi connectivity index (χ0) is 18.2. The maximum atomic E-state index is 12.6. The summed E-state index contributed by atoms with van der Waals surface area (Å²) in [5, 5.41) is 13.4. The molecule has 6 nitrogen and oxygen atoms in total. The van der Waals surface area contributed by atoms with Crippen LogP contribution in [0.15, 0.2) is 42.5 Å². The molecule has 25 heavy (non-hydrogen) atoms. The van der Waals surface area contributed by atoms with E-state index in [9.17, 15) is 19.5 Å². The Morgan fingerprint density at radius 1 is 1.16 bits per heavy atom. The summed E-state index contributed by atoms with van der Waals surface area (Å²) in [5.74, 6) is -2.31. The molecule has 0 saturated carbocycles. The monoisotopic (exact) mass is 338 g/mol. The number of aromatic carboxylic acids is 1. The molecule has 0 fully saturated rings. The van der Waals surface area contributed by atoms with E-state index < -0.39 is 23.4 Å². The quantitative estimate of drug-likeness (QED) is 0.855.